The van der Waals surface area contributed by atoms with E-state index in [-0.39, 0.29) is 32.2 Å². The van der Waals surface area contributed by atoms with Gasteiger partial charge in [0, 0.05) is 10.8 Å². The minimum atomic E-state index is -4.64. The quantitative estimate of drug-likeness (QED) is 0.217. The molecule has 38 heavy (non-hydrogen) atoms. The van der Waals surface area contributed by atoms with Gasteiger partial charge < -0.3 is 29.2 Å². The molecule has 4 rings (SSSR count). The van der Waals surface area contributed by atoms with Gasteiger partial charge in [-0.25, -0.2) is 0 Å². The summed E-state index contributed by atoms with van der Waals surface area (Å²) in [6.45, 7) is -0.459. The molecule has 0 fully saturated rings. The Morgan fingerprint density at radius 3 is 1.66 bits per heavy atom. The summed E-state index contributed by atoms with van der Waals surface area (Å²) in [6, 6.07) is 25.5. The number of fused-ring (bicyclic) bond motifs is 1. The zero-order valence-electron chi connectivity index (χ0n) is 20.3. The Kier molecular flexibility index (Phi) is 9.03. The van der Waals surface area contributed by atoms with Crippen LogP contribution in [0.15, 0.2) is 95.9 Å². The van der Waals surface area contributed by atoms with E-state index in [0.717, 1.165) is 0 Å². The number of aliphatic hydroxyl groups excluding tert-OH is 2. The molecule has 0 aliphatic heterocycles. The number of hydrogen-bond acceptors (Lipinski definition) is 8. The molecule has 0 heterocycles. The Morgan fingerprint density at radius 2 is 1.11 bits per heavy atom. The monoisotopic (exact) mass is 540 g/mol. The highest BCUT2D eigenvalue weighted by Crippen LogP contribution is 2.37. The summed E-state index contributed by atoms with van der Waals surface area (Å²) in [5.41, 5.74) is 0. The summed E-state index contributed by atoms with van der Waals surface area (Å²) >= 11 is 0. The van der Waals surface area contributed by atoms with E-state index in [2.05, 4.69) is 0 Å². The van der Waals surface area contributed by atoms with E-state index in [1.54, 1.807) is 54.6 Å². The van der Waals surface area contributed by atoms with Crippen molar-refractivity contribution < 1.29 is 42.1 Å². The number of para-hydroxylation sites is 2. The molecule has 2 unspecified atom stereocenters. The third kappa shape index (κ3) is 7.36. The SMILES string of the molecule is O=S(=O)(O)c1ccc2c(OCC(O)COc3ccccc3)cccc2c1OCC(O)COc1ccccc1. The van der Waals surface area contributed by atoms with Crippen LogP contribution in [0.25, 0.3) is 10.8 Å². The van der Waals surface area contributed by atoms with Gasteiger partial charge >= 0.3 is 0 Å². The maximum Gasteiger partial charge on any atom is 0.298 e. The lowest BCUT2D eigenvalue weighted by Crippen LogP contribution is -2.25. The van der Waals surface area contributed by atoms with E-state index in [0.29, 0.717) is 28.0 Å². The van der Waals surface area contributed by atoms with Crippen LogP contribution in [0, 0.1) is 0 Å². The predicted octanol–water partition coefficient (Wildman–Crippen LogP) is 3.72. The summed E-state index contributed by atoms with van der Waals surface area (Å²) in [5.74, 6) is 1.41. The average molecular weight is 541 g/mol. The topological polar surface area (TPSA) is 132 Å². The van der Waals surface area contributed by atoms with E-state index in [1.165, 1.54) is 12.1 Å². The molecule has 0 saturated carbocycles. The van der Waals surface area contributed by atoms with E-state index in [4.69, 9.17) is 18.9 Å². The largest absolute Gasteiger partial charge is 0.491 e. The summed E-state index contributed by atoms with van der Waals surface area (Å²) in [7, 11) is -4.64. The molecule has 3 N–H and O–H groups in total. The van der Waals surface area contributed by atoms with Crippen LogP contribution in [0.5, 0.6) is 23.0 Å². The summed E-state index contributed by atoms with van der Waals surface area (Å²) in [4.78, 5) is -0.449. The maximum atomic E-state index is 12.1. The number of rotatable bonds is 13. The molecule has 2 atom stereocenters. The van der Waals surface area contributed by atoms with Crippen LogP contribution in [0.3, 0.4) is 0 Å². The van der Waals surface area contributed by atoms with Crippen LogP contribution in [0.4, 0.5) is 0 Å². The molecule has 0 radical (unpaired) electrons. The predicted molar refractivity (Wildman–Crippen MR) is 141 cm³/mol. The van der Waals surface area contributed by atoms with E-state index in [1.807, 2.05) is 24.3 Å². The molecule has 200 valence electrons. The van der Waals surface area contributed by atoms with E-state index >= 15 is 0 Å². The molecular weight excluding hydrogens is 512 g/mol. The second kappa shape index (κ2) is 12.6. The van der Waals surface area contributed by atoms with Gasteiger partial charge in [-0.3, -0.25) is 4.55 Å². The third-order valence-corrected chi connectivity index (χ3v) is 6.31. The standard InChI is InChI=1S/C28H28O9S/c29-20(16-34-22-8-3-1-4-9-22)18-36-26-13-7-12-25-24(26)14-15-27(38(31,32)33)28(25)37-19-21(30)17-35-23-10-5-2-6-11-23/h1-15,20-21,29-30H,16-19H2,(H,31,32,33). The van der Waals surface area contributed by atoms with Crippen molar-refractivity contribution in [2.45, 2.75) is 17.1 Å². The summed E-state index contributed by atoms with van der Waals surface area (Å²) < 4.78 is 56.4. The molecule has 4 aromatic carbocycles. The van der Waals surface area contributed by atoms with Crippen molar-refractivity contribution in [2.24, 2.45) is 0 Å². The Bertz CT molecular complexity index is 1430. The van der Waals surface area contributed by atoms with Crippen molar-refractivity contribution in [1.29, 1.82) is 0 Å². The van der Waals surface area contributed by atoms with Crippen LogP contribution in [-0.4, -0.2) is 61.8 Å². The van der Waals surface area contributed by atoms with Gasteiger partial charge in [-0.05, 0) is 42.5 Å². The van der Waals surface area contributed by atoms with Crippen molar-refractivity contribution in [3.63, 3.8) is 0 Å². The van der Waals surface area contributed by atoms with Gasteiger partial charge in [-0.15, -0.1) is 0 Å². The van der Waals surface area contributed by atoms with E-state index < -0.39 is 27.2 Å². The van der Waals surface area contributed by atoms with Crippen molar-refractivity contribution in [3.8, 4) is 23.0 Å². The second-order valence-corrected chi connectivity index (χ2v) is 9.79. The van der Waals surface area contributed by atoms with Crippen LogP contribution in [-0.2, 0) is 10.1 Å². The van der Waals surface area contributed by atoms with E-state index in [9.17, 15) is 23.2 Å². The first-order chi connectivity index (χ1) is 18.3. The Labute approximate surface area is 220 Å². The lowest BCUT2D eigenvalue weighted by atomic mass is 10.1. The molecule has 0 amide bonds. The fourth-order valence-electron chi connectivity index (χ4n) is 3.64. The highest BCUT2D eigenvalue weighted by atomic mass is 32.2. The first kappa shape index (κ1) is 27.2. The molecule has 0 spiro atoms. The minimum absolute atomic E-state index is 0.0129. The van der Waals surface area contributed by atoms with Gasteiger partial charge in [-0.2, -0.15) is 8.42 Å². The van der Waals surface area contributed by atoms with Gasteiger partial charge in [0.2, 0.25) is 0 Å². The highest BCUT2D eigenvalue weighted by Gasteiger charge is 2.22. The molecule has 0 aliphatic carbocycles. The zero-order chi connectivity index (χ0) is 27.0. The third-order valence-electron chi connectivity index (χ3n) is 5.44. The second-order valence-electron chi connectivity index (χ2n) is 8.40. The van der Waals surface area contributed by atoms with Crippen LogP contribution < -0.4 is 18.9 Å². The van der Waals surface area contributed by atoms with Gasteiger partial charge in [0.15, 0.2) is 0 Å². The first-order valence-electron chi connectivity index (χ1n) is 11.8. The Balaban J connectivity index is 1.47. The molecule has 10 heteroatoms. The Morgan fingerprint density at radius 1 is 0.579 bits per heavy atom. The number of benzene rings is 4. The number of aliphatic hydroxyl groups is 2. The maximum absolute atomic E-state index is 12.1. The van der Waals surface area contributed by atoms with Crippen molar-refractivity contribution in [3.05, 3.63) is 91.0 Å². The molecule has 0 bridgehead atoms. The van der Waals surface area contributed by atoms with Crippen LogP contribution >= 0.6 is 0 Å². The zero-order valence-corrected chi connectivity index (χ0v) is 21.2. The number of hydrogen-bond donors (Lipinski definition) is 3. The van der Waals surface area contributed by atoms with Gasteiger partial charge in [0.25, 0.3) is 10.1 Å². The molecule has 4 aromatic rings. The fourth-order valence-corrected chi connectivity index (χ4v) is 4.28. The summed E-state index contributed by atoms with van der Waals surface area (Å²) in [6.07, 6.45) is -2.02. The van der Waals surface area contributed by atoms with Crippen molar-refractivity contribution >= 4 is 20.9 Å². The molecule has 9 nitrogen and oxygen atoms in total. The van der Waals surface area contributed by atoms with Crippen LogP contribution in [0.2, 0.25) is 0 Å². The first-order valence-corrected chi connectivity index (χ1v) is 13.3. The lowest BCUT2D eigenvalue weighted by Gasteiger charge is -2.18. The average Bonchev–Trinajstić information content (AvgIpc) is 2.93. The summed E-state index contributed by atoms with van der Waals surface area (Å²) in [5, 5.41) is 21.5. The fraction of sp³-hybridized carbons (Fsp3) is 0.214. The molecular formula is C28H28O9S. The number of ether oxygens (including phenoxy) is 4. The molecule has 0 aliphatic rings. The lowest BCUT2D eigenvalue weighted by molar-refractivity contribution is 0.0619. The van der Waals surface area contributed by atoms with Crippen molar-refractivity contribution in [2.75, 3.05) is 26.4 Å². The Hall–Kier alpha value is -3.83. The van der Waals surface area contributed by atoms with Crippen LogP contribution in [0.1, 0.15) is 0 Å². The van der Waals surface area contributed by atoms with Gasteiger partial charge in [0.1, 0.15) is 66.5 Å². The van der Waals surface area contributed by atoms with Crippen molar-refractivity contribution in [1.82, 2.24) is 0 Å². The molecule has 0 saturated heterocycles. The van der Waals surface area contributed by atoms with Gasteiger partial charge in [-0.1, -0.05) is 48.5 Å². The van der Waals surface area contributed by atoms with Gasteiger partial charge in [0.05, 0.1) is 0 Å². The smallest absolute Gasteiger partial charge is 0.298 e. The normalized spacial score (nSPS) is 13.0. The highest BCUT2D eigenvalue weighted by molar-refractivity contribution is 7.86. The minimum Gasteiger partial charge on any atom is -0.491 e. The molecule has 0 aromatic heterocycles.